The topological polar surface area (TPSA) is 17.1 Å². The molecule has 4 aliphatic carbocycles. The number of hydrogen-bond donors (Lipinski definition) is 0. The summed E-state index contributed by atoms with van der Waals surface area (Å²) < 4.78 is 0. The Bertz CT molecular complexity index is 270. The lowest BCUT2D eigenvalue weighted by atomic mass is 9.33. The zero-order valence-electron chi connectivity index (χ0n) is 7.20. The van der Waals surface area contributed by atoms with E-state index in [-0.39, 0.29) is 0 Å². The van der Waals surface area contributed by atoms with E-state index < -0.39 is 0 Å². The van der Waals surface area contributed by atoms with Crippen LogP contribution in [0.25, 0.3) is 0 Å². The molecule has 0 saturated heterocycles. The molecule has 4 saturated carbocycles. The third-order valence-electron chi connectivity index (χ3n) is 5.28. The maximum absolute atomic E-state index is 11.5. The van der Waals surface area contributed by atoms with Crippen LogP contribution in [0.2, 0.25) is 0 Å². The average Bonchev–Trinajstić information content (AvgIpc) is 2.32. The van der Waals surface area contributed by atoms with Crippen LogP contribution in [0.4, 0.5) is 0 Å². The van der Waals surface area contributed by atoms with E-state index in [9.17, 15) is 4.79 Å². The minimum absolute atomic E-state index is 0.566. The van der Waals surface area contributed by atoms with Gasteiger partial charge in [-0.15, -0.1) is 0 Å². The Morgan fingerprint density at radius 1 is 0.917 bits per heavy atom. The fraction of sp³-hybridized carbons (Fsp3) is 0.909. The van der Waals surface area contributed by atoms with Gasteiger partial charge in [-0.1, -0.05) is 0 Å². The molecule has 0 amide bonds. The predicted molar refractivity (Wildman–Crippen MR) is 44.4 cm³/mol. The molecule has 4 aliphatic rings. The molecule has 6 atom stereocenters. The Labute approximate surface area is 72.5 Å². The van der Waals surface area contributed by atoms with Crippen LogP contribution in [0.3, 0.4) is 0 Å². The van der Waals surface area contributed by atoms with Gasteiger partial charge in [0.1, 0.15) is 5.78 Å². The van der Waals surface area contributed by atoms with Gasteiger partial charge in [0, 0.05) is 12.3 Å². The van der Waals surface area contributed by atoms with Gasteiger partial charge in [0.2, 0.25) is 0 Å². The molecule has 0 radical (unpaired) electrons. The fourth-order valence-corrected chi connectivity index (χ4v) is 4.72. The summed E-state index contributed by atoms with van der Waals surface area (Å²) in [5, 5.41) is 0. The molecule has 0 aromatic heterocycles. The van der Waals surface area contributed by atoms with Gasteiger partial charge < -0.3 is 0 Å². The van der Waals surface area contributed by atoms with Crippen LogP contribution in [0.5, 0.6) is 0 Å². The van der Waals surface area contributed by atoms with Crippen molar-refractivity contribution in [3.8, 4) is 0 Å². The first-order chi connectivity index (χ1) is 5.88. The van der Waals surface area contributed by atoms with Crippen LogP contribution >= 0.6 is 0 Å². The molecule has 64 valence electrons. The van der Waals surface area contributed by atoms with Gasteiger partial charge in [0.05, 0.1) is 0 Å². The molecular weight excluding hydrogens is 148 g/mol. The molecule has 12 heavy (non-hydrogen) atoms. The van der Waals surface area contributed by atoms with E-state index in [1.165, 1.54) is 19.3 Å². The van der Waals surface area contributed by atoms with Gasteiger partial charge in [0.15, 0.2) is 0 Å². The minimum Gasteiger partial charge on any atom is -0.299 e. The standard InChI is InChI=1S/C11H14O/c12-8-4-3-7-9-5-1-2-6(5)11(9)10(7)8/h5-7,9-11H,1-4H2/t5-,6+,7-,9-,10+,11-/m0/s1. The minimum atomic E-state index is 0.566. The van der Waals surface area contributed by atoms with Crippen molar-refractivity contribution < 1.29 is 4.79 Å². The number of hydrogen-bond acceptors (Lipinski definition) is 1. The lowest BCUT2D eigenvalue weighted by Gasteiger charge is -2.71. The number of carbonyl (C=O) groups excluding carboxylic acids is 1. The third kappa shape index (κ3) is 0.419. The third-order valence-corrected chi connectivity index (χ3v) is 5.28. The largest absolute Gasteiger partial charge is 0.299 e. The van der Waals surface area contributed by atoms with Crippen LogP contribution in [-0.2, 0) is 4.79 Å². The van der Waals surface area contributed by atoms with Crippen LogP contribution in [0.1, 0.15) is 25.7 Å². The van der Waals surface area contributed by atoms with Gasteiger partial charge in [0.25, 0.3) is 0 Å². The Morgan fingerprint density at radius 2 is 1.67 bits per heavy atom. The van der Waals surface area contributed by atoms with E-state index in [1.807, 2.05) is 0 Å². The van der Waals surface area contributed by atoms with Crippen molar-refractivity contribution in [2.45, 2.75) is 25.7 Å². The zero-order valence-corrected chi connectivity index (χ0v) is 7.20. The van der Waals surface area contributed by atoms with Crippen molar-refractivity contribution in [3.63, 3.8) is 0 Å². The number of rotatable bonds is 0. The molecule has 4 fully saturated rings. The van der Waals surface area contributed by atoms with E-state index in [0.717, 1.165) is 36.0 Å². The number of fused-ring (bicyclic) bond motifs is 7. The molecule has 0 aromatic carbocycles. The van der Waals surface area contributed by atoms with Crippen LogP contribution in [0.15, 0.2) is 0 Å². The Hall–Kier alpha value is -0.330. The van der Waals surface area contributed by atoms with Crippen molar-refractivity contribution in [2.75, 3.05) is 0 Å². The highest BCUT2D eigenvalue weighted by atomic mass is 16.1. The lowest BCUT2D eigenvalue weighted by molar-refractivity contribution is -0.234. The van der Waals surface area contributed by atoms with E-state index >= 15 is 0 Å². The van der Waals surface area contributed by atoms with E-state index in [0.29, 0.717) is 11.7 Å². The summed E-state index contributed by atoms with van der Waals surface area (Å²) in [6.45, 7) is 0. The first-order valence-electron chi connectivity index (χ1n) is 5.40. The summed E-state index contributed by atoms with van der Waals surface area (Å²) in [7, 11) is 0. The molecule has 0 bridgehead atoms. The highest BCUT2D eigenvalue weighted by Gasteiger charge is 2.71. The van der Waals surface area contributed by atoms with Crippen LogP contribution < -0.4 is 0 Å². The van der Waals surface area contributed by atoms with E-state index in [2.05, 4.69) is 0 Å². The molecule has 0 aromatic rings. The summed E-state index contributed by atoms with van der Waals surface area (Å²) in [6, 6.07) is 0. The molecule has 0 aliphatic heterocycles. The number of carbonyl (C=O) groups is 1. The summed E-state index contributed by atoms with van der Waals surface area (Å²) in [6.07, 6.45) is 5.10. The van der Waals surface area contributed by atoms with Gasteiger partial charge in [-0.2, -0.15) is 0 Å². The van der Waals surface area contributed by atoms with E-state index in [1.54, 1.807) is 0 Å². The zero-order chi connectivity index (χ0) is 7.87. The number of ketones is 1. The molecule has 0 spiro atoms. The maximum Gasteiger partial charge on any atom is 0.136 e. The van der Waals surface area contributed by atoms with Gasteiger partial charge in [-0.25, -0.2) is 0 Å². The Morgan fingerprint density at radius 3 is 2.42 bits per heavy atom. The van der Waals surface area contributed by atoms with Gasteiger partial charge >= 0.3 is 0 Å². The number of Topliss-reactive ketones (excluding diaryl/α,β-unsaturated/α-hetero) is 1. The predicted octanol–water partition coefficient (Wildman–Crippen LogP) is 1.87. The molecular formula is C11H14O. The fourth-order valence-electron chi connectivity index (χ4n) is 4.72. The lowest BCUT2D eigenvalue weighted by Crippen LogP contribution is -2.67. The maximum atomic E-state index is 11.5. The second-order valence-corrected chi connectivity index (χ2v) is 5.25. The van der Waals surface area contributed by atoms with Crippen LogP contribution in [-0.4, -0.2) is 5.78 Å². The molecule has 0 heterocycles. The molecule has 1 heteroatoms. The summed E-state index contributed by atoms with van der Waals surface area (Å²) in [4.78, 5) is 11.5. The second kappa shape index (κ2) is 1.64. The van der Waals surface area contributed by atoms with Crippen molar-refractivity contribution in [3.05, 3.63) is 0 Å². The van der Waals surface area contributed by atoms with E-state index in [4.69, 9.17) is 0 Å². The van der Waals surface area contributed by atoms with Crippen molar-refractivity contribution in [1.29, 1.82) is 0 Å². The average molecular weight is 162 g/mol. The SMILES string of the molecule is O=C1CC[C@@H]2[C@H]1[C@H]1[C@@H]3CC[C@@H]3[C@@H]21. The molecule has 0 N–H and O–H groups in total. The normalized spacial score (nSPS) is 65.2. The molecule has 4 rings (SSSR count). The van der Waals surface area contributed by atoms with Gasteiger partial charge in [-0.05, 0) is 48.9 Å². The first kappa shape index (κ1) is 6.17. The van der Waals surface area contributed by atoms with Crippen molar-refractivity contribution in [1.82, 2.24) is 0 Å². The highest BCUT2D eigenvalue weighted by molar-refractivity contribution is 5.85. The smallest absolute Gasteiger partial charge is 0.136 e. The summed E-state index contributed by atoms with van der Waals surface area (Å²) in [5.74, 6) is 6.07. The Kier molecular flexibility index (Phi) is 0.843. The molecule has 0 unspecified atom stereocenters. The molecule has 1 nitrogen and oxygen atoms in total. The van der Waals surface area contributed by atoms with Crippen molar-refractivity contribution >= 4 is 5.78 Å². The highest BCUT2D eigenvalue weighted by Crippen LogP contribution is 2.74. The van der Waals surface area contributed by atoms with Crippen molar-refractivity contribution in [2.24, 2.45) is 35.5 Å². The van der Waals surface area contributed by atoms with Gasteiger partial charge in [-0.3, -0.25) is 4.79 Å². The monoisotopic (exact) mass is 162 g/mol. The summed E-state index contributed by atoms with van der Waals surface area (Å²) >= 11 is 0. The van der Waals surface area contributed by atoms with Crippen LogP contribution in [0, 0.1) is 35.5 Å². The second-order valence-electron chi connectivity index (χ2n) is 5.25. The summed E-state index contributed by atoms with van der Waals surface area (Å²) in [5.41, 5.74) is 0. The first-order valence-corrected chi connectivity index (χ1v) is 5.40. The quantitative estimate of drug-likeness (QED) is 0.531. The Balaban J connectivity index is 1.69.